The Bertz CT molecular complexity index is 363. The molecule has 0 spiro atoms. The van der Waals surface area contributed by atoms with Crippen LogP contribution in [0.15, 0.2) is 18.5 Å². The topological polar surface area (TPSA) is 54.0 Å². The Labute approximate surface area is 103 Å². The summed E-state index contributed by atoms with van der Waals surface area (Å²) in [4.78, 5) is 15.6. The molecule has 0 aliphatic heterocycles. The number of pyridine rings is 1. The molecule has 0 saturated carbocycles. The van der Waals surface area contributed by atoms with E-state index in [2.05, 4.69) is 29.5 Å². The molecule has 0 unspecified atom stereocenters. The first-order valence-electron chi connectivity index (χ1n) is 6.03. The summed E-state index contributed by atoms with van der Waals surface area (Å²) in [5.74, 6) is 0.0601. The molecule has 1 rings (SSSR count). The fraction of sp³-hybridized carbons (Fsp3) is 0.538. The van der Waals surface area contributed by atoms with Crippen LogP contribution in [0.1, 0.15) is 32.3 Å². The largest absolute Gasteiger partial charge is 0.326 e. The average Bonchev–Trinajstić information content (AvgIpc) is 2.27. The van der Waals surface area contributed by atoms with Crippen LogP contribution in [0, 0.1) is 6.92 Å². The Morgan fingerprint density at radius 1 is 1.47 bits per heavy atom. The molecule has 1 amide bonds. The molecule has 4 heteroatoms. The van der Waals surface area contributed by atoms with E-state index in [0.717, 1.165) is 24.2 Å². The van der Waals surface area contributed by atoms with Crippen LogP contribution in [0.25, 0.3) is 0 Å². The lowest BCUT2D eigenvalue weighted by Crippen LogP contribution is -2.24. The SMILES string of the molecule is Cc1cnccc1NC(=O)CCCNC(C)C. The smallest absolute Gasteiger partial charge is 0.224 e. The highest BCUT2D eigenvalue weighted by Gasteiger charge is 2.04. The van der Waals surface area contributed by atoms with Crippen molar-refractivity contribution in [2.45, 2.75) is 39.7 Å². The molecule has 0 aliphatic rings. The predicted molar refractivity (Wildman–Crippen MR) is 70.0 cm³/mol. The number of nitrogens with zero attached hydrogens (tertiary/aromatic N) is 1. The lowest BCUT2D eigenvalue weighted by molar-refractivity contribution is -0.116. The van der Waals surface area contributed by atoms with E-state index in [4.69, 9.17) is 0 Å². The molecule has 17 heavy (non-hydrogen) atoms. The van der Waals surface area contributed by atoms with E-state index in [0.29, 0.717) is 12.5 Å². The van der Waals surface area contributed by atoms with Gasteiger partial charge in [-0.05, 0) is 31.5 Å². The van der Waals surface area contributed by atoms with E-state index < -0.39 is 0 Å². The monoisotopic (exact) mass is 235 g/mol. The molecule has 0 bridgehead atoms. The number of carbonyl (C=O) groups excluding carboxylic acids is 1. The van der Waals surface area contributed by atoms with Crippen molar-refractivity contribution in [2.24, 2.45) is 0 Å². The van der Waals surface area contributed by atoms with Gasteiger partial charge in [-0.15, -0.1) is 0 Å². The minimum Gasteiger partial charge on any atom is -0.326 e. The summed E-state index contributed by atoms with van der Waals surface area (Å²) in [6.07, 6.45) is 4.83. The molecule has 0 saturated heterocycles. The normalized spacial score (nSPS) is 10.6. The van der Waals surface area contributed by atoms with Gasteiger partial charge < -0.3 is 10.6 Å². The number of aryl methyl sites for hydroxylation is 1. The predicted octanol–water partition coefficient (Wildman–Crippen LogP) is 2.11. The van der Waals surface area contributed by atoms with Gasteiger partial charge in [0.1, 0.15) is 0 Å². The molecular formula is C13H21N3O. The number of nitrogens with one attached hydrogen (secondary N) is 2. The Hall–Kier alpha value is -1.42. The van der Waals surface area contributed by atoms with Crippen LogP contribution >= 0.6 is 0 Å². The third-order valence-electron chi connectivity index (χ3n) is 2.43. The van der Waals surface area contributed by atoms with Gasteiger partial charge in [0.25, 0.3) is 0 Å². The fourth-order valence-corrected chi connectivity index (χ4v) is 1.47. The number of carbonyl (C=O) groups is 1. The van der Waals surface area contributed by atoms with Gasteiger partial charge in [0.05, 0.1) is 0 Å². The minimum absolute atomic E-state index is 0.0601. The van der Waals surface area contributed by atoms with Gasteiger partial charge in [-0.1, -0.05) is 13.8 Å². The summed E-state index contributed by atoms with van der Waals surface area (Å²) in [6.45, 7) is 7.00. The lowest BCUT2D eigenvalue weighted by atomic mass is 10.2. The maximum Gasteiger partial charge on any atom is 0.224 e. The average molecular weight is 235 g/mol. The Kier molecular flexibility index (Phi) is 5.63. The summed E-state index contributed by atoms with van der Waals surface area (Å²) in [7, 11) is 0. The molecule has 0 aliphatic carbocycles. The number of amides is 1. The molecule has 2 N–H and O–H groups in total. The van der Waals surface area contributed by atoms with Gasteiger partial charge in [0.2, 0.25) is 5.91 Å². The molecule has 0 fully saturated rings. The van der Waals surface area contributed by atoms with Crippen LogP contribution in [0.5, 0.6) is 0 Å². The van der Waals surface area contributed by atoms with Crippen LogP contribution in [-0.4, -0.2) is 23.5 Å². The Morgan fingerprint density at radius 2 is 2.24 bits per heavy atom. The number of rotatable bonds is 6. The van der Waals surface area contributed by atoms with Crippen LogP contribution < -0.4 is 10.6 Å². The third-order valence-corrected chi connectivity index (χ3v) is 2.43. The van der Waals surface area contributed by atoms with Crippen molar-refractivity contribution in [1.29, 1.82) is 0 Å². The van der Waals surface area contributed by atoms with E-state index >= 15 is 0 Å². The second-order valence-corrected chi connectivity index (χ2v) is 4.45. The molecule has 1 aromatic heterocycles. The van der Waals surface area contributed by atoms with Gasteiger partial charge in [-0.2, -0.15) is 0 Å². The second-order valence-electron chi connectivity index (χ2n) is 4.45. The Balaban J connectivity index is 2.28. The molecule has 0 radical (unpaired) electrons. The van der Waals surface area contributed by atoms with Crippen molar-refractivity contribution in [3.63, 3.8) is 0 Å². The van der Waals surface area contributed by atoms with E-state index in [9.17, 15) is 4.79 Å². The van der Waals surface area contributed by atoms with E-state index in [1.807, 2.05) is 13.0 Å². The van der Waals surface area contributed by atoms with Gasteiger partial charge in [0, 0.05) is 30.5 Å². The van der Waals surface area contributed by atoms with Crippen molar-refractivity contribution >= 4 is 11.6 Å². The first kappa shape index (κ1) is 13.6. The van der Waals surface area contributed by atoms with Gasteiger partial charge in [-0.25, -0.2) is 0 Å². The second kappa shape index (κ2) is 7.01. The van der Waals surface area contributed by atoms with Gasteiger partial charge in [-0.3, -0.25) is 9.78 Å². The van der Waals surface area contributed by atoms with Crippen LogP contribution in [0.2, 0.25) is 0 Å². The number of aromatic nitrogens is 1. The molecule has 0 atom stereocenters. The first-order valence-corrected chi connectivity index (χ1v) is 6.03. The summed E-state index contributed by atoms with van der Waals surface area (Å²) in [5, 5.41) is 6.18. The highest BCUT2D eigenvalue weighted by molar-refractivity contribution is 5.91. The lowest BCUT2D eigenvalue weighted by Gasteiger charge is -2.09. The van der Waals surface area contributed by atoms with E-state index in [1.54, 1.807) is 12.4 Å². The summed E-state index contributed by atoms with van der Waals surface area (Å²) < 4.78 is 0. The molecule has 1 heterocycles. The zero-order valence-corrected chi connectivity index (χ0v) is 10.8. The maximum absolute atomic E-state index is 11.7. The van der Waals surface area contributed by atoms with E-state index in [1.165, 1.54) is 0 Å². The minimum atomic E-state index is 0.0601. The molecule has 1 aromatic rings. The first-order chi connectivity index (χ1) is 8.09. The standard InChI is InChI=1S/C13H21N3O/c1-10(2)15-7-4-5-13(17)16-12-6-8-14-9-11(12)3/h6,8-10,15H,4-5,7H2,1-3H3,(H,14,16,17). The summed E-state index contributed by atoms with van der Waals surface area (Å²) in [5.41, 5.74) is 1.84. The van der Waals surface area contributed by atoms with Crippen molar-refractivity contribution in [1.82, 2.24) is 10.3 Å². The highest BCUT2D eigenvalue weighted by Crippen LogP contribution is 2.11. The fourth-order valence-electron chi connectivity index (χ4n) is 1.47. The van der Waals surface area contributed by atoms with Crippen molar-refractivity contribution in [3.05, 3.63) is 24.0 Å². The number of hydrogen-bond donors (Lipinski definition) is 2. The van der Waals surface area contributed by atoms with Gasteiger partial charge >= 0.3 is 0 Å². The van der Waals surface area contributed by atoms with Crippen LogP contribution in [0.3, 0.4) is 0 Å². The summed E-state index contributed by atoms with van der Waals surface area (Å²) in [6, 6.07) is 2.29. The van der Waals surface area contributed by atoms with Crippen molar-refractivity contribution in [2.75, 3.05) is 11.9 Å². The van der Waals surface area contributed by atoms with E-state index in [-0.39, 0.29) is 5.91 Å². The zero-order chi connectivity index (χ0) is 12.7. The third kappa shape index (κ3) is 5.45. The number of hydrogen-bond acceptors (Lipinski definition) is 3. The van der Waals surface area contributed by atoms with Crippen LogP contribution in [-0.2, 0) is 4.79 Å². The summed E-state index contributed by atoms with van der Waals surface area (Å²) >= 11 is 0. The van der Waals surface area contributed by atoms with Crippen LogP contribution in [0.4, 0.5) is 5.69 Å². The highest BCUT2D eigenvalue weighted by atomic mass is 16.1. The van der Waals surface area contributed by atoms with Crippen molar-refractivity contribution in [3.8, 4) is 0 Å². The molecule has 94 valence electrons. The molecular weight excluding hydrogens is 214 g/mol. The molecule has 4 nitrogen and oxygen atoms in total. The van der Waals surface area contributed by atoms with Crippen molar-refractivity contribution < 1.29 is 4.79 Å². The quantitative estimate of drug-likeness (QED) is 0.742. The molecule has 0 aromatic carbocycles. The Morgan fingerprint density at radius 3 is 2.88 bits per heavy atom. The number of anilines is 1. The zero-order valence-electron chi connectivity index (χ0n) is 10.8. The van der Waals surface area contributed by atoms with Gasteiger partial charge in [0.15, 0.2) is 0 Å². The maximum atomic E-state index is 11.7.